The van der Waals surface area contributed by atoms with Crippen molar-refractivity contribution in [1.82, 2.24) is 4.90 Å². The van der Waals surface area contributed by atoms with Crippen molar-refractivity contribution >= 4 is 0 Å². The number of nitrogens with zero attached hydrogens (tertiary/aromatic N) is 1. The maximum absolute atomic E-state index is 5.87. The number of benzene rings is 1. The Kier molecular flexibility index (Phi) is 4.06. The van der Waals surface area contributed by atoms with E-state index in [1.807, 2.05) is 0 Å². The third kappa shape index (κ3) is 3.47. The molecule has 2 heteroatoms. The number of rotatable bonds is 4. The molecule has 0 aliphatic carbocycles. The molecule has 1 atom stereocenters. The van der Waals surface area contributed by atoms with Gasteiger partial charge in [0.25, 0.3) is 0 Å². The fraction of sp³-hybridized carbons (Fsp3) is 0.600. The second-order valence-corrected chi connectivity index (χ2v) is 5.31. The Labute approximate surface area is 105 Å². The van der Waals surface area contributed by atoms with Crippen molar-refractivity contribution in [1.29, 1.82) is 0 Å². The molecule has 1 heterocycles. The highest BCUT2D eigenvalue weighted by Crippen LogP contribution is 2.19. The molecule has 1 aliphatic rings. The van der Waals surface area contributed by atoms with Crippen LogP contribution in [0.1, 0.15) is 24.5 Å². The lowest BCUT2D eigenvalue weighted by molar-refractivity contribution is 0.233. The van der Waals surface area contributed by atoms with E-state index in [-0.39, 0.29) is 0 Å². The SMILES string of the molecule is Cc1ccc(C)c(OCCN2CCC(C)C2)c1. The van der Waals surface area contributed by atoms with Crippen molar-refractivity contribution < 1.29 is 4.74 Å². The van der Waals surface area contributed by atoms with Crippen molar-refractivity contribution in [2.24, 2.45) is 5.92 Å². The van der Waals surface area contributed by atoms with Crippen LogP contribution in [-0.2, 0) is 0 Å². The molecule has 2 rings (SSSR count). The molecule has 1 aromatic carbocycles. The molecule has 0 bridgehead atoms. The Hall–Kier alpha value is -1.02. The highest BCUT2D eigenvalue weighted by molar-refractivity contribution is 5.35. The minimum atomic E-state index is 0.803. The lowest BCUT2D eigenvalue weighted by Crippen LogP contribution is -2.26. The van der Waals surface area contributed by atoms with E-state index in [0.29, 0.717) is 0 Å². The molecule has 2 nitrogen and oxygen atoms in total. The zero-order valence-electron chi connectivity index (χ0n) is 11.2. The van der Waals surface area contributed by atoms with Gasteiger partial charge in [0.2, 0.25) is 0 Å². The van der Waals surface area contributed by atoms with E-state index in [1.54, 1.807) is 0 Å². The van der Waals surface area contributed by atoms with E-state index in [1.165, 1.54) is 30.6 Å². The molecule has 0 aromatic heterocycles. The first-order valence-electron chi connectivity index (χ1n) is 6.57. The first kappa shape index (κ1) is 12.4. The minimum Gasteiger partial charge on any atom is -0.492 e. The predicted molar refractivity (Wildman–Crippen MR) is 71.6 cm³/mol. The Morgan fingerprint density at radius 2 is 2.18 bits per heavy atom. The van der Waals surface area contributed by atoms with Crippen molar-refractivity contribution in [3.63, 3.8) is 0 Å². The molecular formula is C15H23NO. The summed E-state index contributed by atoms with van der Waals surface area (Å²) in [5.41, 5.74) is 2.49. The average molecular weight is 233 g/mol. The monoisotopic (exact) mass is 233 g/mol. The Bertz CT molecular complexity index is 375. The van der Waals surface area contributed by atoms with Gasteiger partial charge in [-0.2, -0.15) is 0 Å². The van der Waals surface area contributed by atoms with Gasteiger partial charge in [0.05, 0.1) is 0 Å². The molecule has 1 saturated heterocycles. The average Bonchev–Trinajstić information content (AvgIpc) is 2.69. The van der Waals surface area contributed by atoms with Gasteiger partial charge in [0, 0.05) is 13.1 Å². The zero-order chi connectivity index (χ0) is 12.3. The number of ether oxygens (including phenoxy) is 1. The van der Waals surface area contributed by atoms with Crippen LogP contribution in [0.15, 0.2) is 18.2 Å². The van der Waals surface area contributed by atoms with E-state index in [4.69, 9.17) is 4.74 Å². The molecule has 0 N–H and O–H groups in total. The number of hydrogen-bond donors (Lipinski definition) is 0. The summed E-state index contributed by atoms with van der Waals surface area (Å²) in [5, 5.41) is 0. The first-order valence-corrected chi connectivity index (χ1v) is 6.57. The Morgan fingerprint density at radius 3 is 2.88 bits per heavy atom. The van der Waals surface area contributed by atoms with Crippen molar-refractivity contribution in [3.8, 4) is 5.75 Å². The summed E-state index contributed by atoms with van der Waals surface area (Å²) in [6.07, 6.45) is 1.34. The molecule has 1 unspecified atom stereocenters. The highest BCUT2D eigenvalue weighted by atomic mass is 16.5. The second-order valence-electron chi connectivity index (χ2n) is 5.31. The minimum absolute atomic E-state index is 0.803. The van der Waals surface area contributed by atoms with Crippen molar-refractivity contribution in [2.45, 2.75) is 27.2 Å². The summed E-state index contributed by atoms with van der Waals surface area (Å²) < 4.78 is 5.87. The van der Waals surface area contributed by atoms with E-state index in [0.717, 1.165) is 24.8 Å². The van der Waals surface area contributed by atoms with Gasteiger partial charge in [0.15, 0.2) is 0 Å². The fourth-order valence-corrected chi connectivity index (χ4v) is 2.38. The van der Waals surface area contributed by atoms with Gasteiger partial charge in [-0.1, -0.05) is 19.1 Å². The number of hydrogen-bond acceptors (Lipinski definition) is 2. The number of likely N-dealkylation sites (tertiary alicyclic amines) is 1. The maximum Gasteiger partial charge on any atom is 0.122 e. The molecule has 0 radical (unpaired) electrons. The molecule has 1 aromatic rings. The van der Waals surface area contributed by atoms with Crippen LogP contribution >= 0.6 is 0 Å². The summed E-state index contributed by atoms with van der Waals surface area (Å²) in [4.78, 5) is 2.50. The molecule has 0 saturated carbocycles. The van der Waals surface area contributed by atoms with Crippen molar-refractivity contribution in [2.75, 3.05) is 26.2 Å². The first-order chi connectivity index (χ1) is 8.15. The highest BCUT2D eigenvalue weighted by Gasteiger charge is 2.17. The second kappa shape index (κ2) is 5.54. The van der Waals surface area contributed by atoms with E-state index < -0.39 is 0 Å². The van der Waals surface area contributed by atoms with E-state index in [2.05, 4.69) is 43.9 Å². The maximum atomic E-state index is 5.87. The van der Waals surface area contributed by atoms with E-state index in [9.17, 15) is 0 Å². The molecule has 0 amide bonds. The van der Waals surface area contributed by atoms with Crippen LogP contribution in [0.2, 0.25) is 0 Å². The van der Waals surface area contributed by atoms with Crippen LogP contribution in [0.3, 0.4) is 0 Å². The summed E-state index contributed by atoms with van der Waals surface area (Å²) in [6.45, 7) is 10.9. The fourth-order valence-electron chi connectivity index (χ4n) is 2.38. The van der Waals surface area contributed by atoms with Gasteiger partial charge in [-0.05, 0) is 49.9 Å². The summed E-state index contributed by atoms with van der Waals surface area (Å²) in [7, 11) is 0. The van der Waals surface area contributed by atoms with E-state index >= 15 is 0 Å². The molecule has 0 spiro atoms. The van der Waals surface area contributed by atoms with Gasteiger partial charge in [0.1, 0.15) is 12.4 Å². The summed E-state index contributed by atoms with van der Waals surface area (Å²) in [5.74, 6) is 1.90. The smallest absolute Gasteiger partial charge is 0.122 e. The Morgan fingerprint density at radius 1 is 1.35 bits per heavy atom. The molecule has 1 fully saturated rings. The molecule has 94 valence electrons. The topological polar surface area (TPSA) is 12.5 Å². The third-order valence-electron chi connectivity index (χ3n) is 3.52. The predicted octanol–water partition coefficient (Wildman–Crippen LogP) is 3.02. The van der Waals surface area contributed by atoms with Gasteiger partial charge < -0.3 is 4.74 Å². The third-order valence-corrected chi connectivity index (χ3v) is 3.52. The quantitative estimate of drug-likeness (QED) is 0.792. The van der Waals surface area contributed by atoms with Crippen LogP contribution in [0.4, 0.5) is 0 Å². The summed E-state index contributed by atoms with van der Waals surface area (Å²) in [6, 6.07) is 6.38. The standard InChI is InChI=1S/C15H23NO/c1-12-4-5-14(3)15(10-12)17-9-8-16-7-6-13(2)11-16/h4-5,10,13H,6-9,11H2,1-3H3. The van der Waals surface area contributed by atoms with Gasteiger partial charge in [-0.25, -0.2) is 0 Å². The summed E-state index contributed by atoms with van der Waals surface area (Å²) >= 11 is 0. The normalized spacial score (nSPS) is 20.8. The van der Waals surface area contributed by atoms with Crippen molar-refractivity contribution in [3.05, 3.63) is 29.3 Å². The lowest BCUT2D eigenvalue weighted by atomic mass is 10.1. The van der Waals surface area contributed by atoms with Gasteiger partial charge >= 0.3 is 0 Å². The van der Waals surface area contributed by atoms with Crippen LogP contribution < -0.4 is 4.74 Å². The zero-order valence-corrected chi connectivity index (χ0v) is 11.2. The lowest BCUT2D eigenvalue weighted by Gasteiger charge is -2.16. The molecule has 17 heavy (non-hydrogen) atoms. The van der Waals surface area contributed by atoms with Gasteiger partial charge in [-0.15, -0.1) is 0 Å². The van der Waals surface area contributed by atoms with Crippen LogP contribution in [-0.4, -0.2) is 31.1 Å². The molecular weight excluding hydrogens is 210 g/mol. The number of aryl methyl sites for hydroxylation is 2. The van der Waals surface area contributed by atoms with Crippen LogP contribution in [0.25, 0.3) is 0 Å². The van der Waals surface area contributed by atoms with Crippen LogP contribution in [0.5, 0.6) is 5.75 Å². The Balaban J connectivity index is 1.80. The molecule has 1 aliphatic heterocycles. The van der Waals surface area contributed by atoms with Gasteiger partial charge in [-0.3, -0.25) is 4.90 Å². The largest absolute Gasteiger partial charge is 0.492 e. The van der Waals surface area contributed by atoms with Crippen LogP contribution in [0, 0.1) is 19.8 Å².